The van der Waals surface area contributed by atoms with Gasteiger partial charge in [0.1, 0.15) is 0 Å². The van der Waals surface area contributed by atoms with Crippen LogP contribution in [0.3, 0.4) is 0 Å². The molecule has 1 aliphatic heterocycles. The molecule has 0 aliphatic carbocycles. The van der Waals surface area contributed by atoms with E-state index in [9.17, 15) is 14.4 Å². The van der Waals surface area contributed by atoms with Crippen molar-refractivity contribution >= 4 is 34.2 Å². The monoisotopic (exact) mass is 354 g/mol. The molecule has 0 aromatic heterocycles. The molecular weight excluding hydrogens is 332 g/mol. The van der Waals surface area contributed by atoms with Crippen molar-refractivity contribution in [2.45, 2.75) is 19.8 Å². The molecule has 2 aromatic carbocycles. The van der Waals surface area contributed by atoms with Crippen molar-refractivity contribution in [1.29, 1.82) is 0 Å². The molecule has 6 heteroatoms. The van der Waals surface area contributed by atoms with Gasteiger partial charge in [-0.05, 0) is 42.7 Å². The second kappa shape index (κ2) is 7.99. The van der Waals surface area contributed by atoms with Gasteiger partial charge in [-0.3, -0.25) is 14.4 Å². The standard InChI is InChI=1S/C20H22N2O4/c1-2-26-20(25)16-8-5-11-22(13-16)19(24)18(23)21-17-10-9-14-6-3-4-7-15(14)12-17/h3-4,6-7,9-10,12,16H,2,5,8,11,13H2,1H3,(H,21,23). The van der Waals surface area contributed by atoms with Gasteiger partial charge in [-0.2, -0.15) is 0 Å². The molecule has 2 amide bonds. The molecule has 1 aliphatic rings. The molecule has 1 N–H and O–H groups in total. The first-order chi connectivity index (χ1) is 12.6. The third-order valence-electron chi connectivity index (χ3n) is 4.53. The summed E-state index contributed by atoms with van der Waals surface area (Å²) >= 11 is 0. The van der Waals surface area contributed by atoms with Crippen molar-refractivity contribution in [3.63, 3.8) is 0 Å². The van der Waals surface area contributed by atoms with Crippen LogP contribution in [0, 0.1) is 5.92 Å². The summed E-state index contributed by atoms with van der Waals surface area (Å²) in [6.45, 7) is 2.76. The van der Waals surface area contributed by atoms with Crippen LogP contribution in [0.4, 0.5) is 5.69 Å². The zero-order valence-electron chi connectivity index (χ0n) is 14.7. The summed E-state index contributed by atoms with van der Waals surface area (Å²) in [5.41, 5.74) is 0.570. The summed E-state index contributed by atoms with van der Waals surface area (Å²) < 4.78 is 5.03. The van der Waals surface area contributed by atoms with Gasteiger partial charge in [0.05, 0.1) is 12.5 Å². The molecule has 1 unspecified atom stereocenters. The van der Waals surface area contributed by atoms with Crippen molar-refractivity contribution in [3.05, 3.63) is 42.5 Å². The molecule has 0 saturated carbocycles. The highest BCUT2D eigenvalue weighted by Gasteiger charge is 2.32. The van der Waals surface area contributed by atoms with Crippen molar-refractivity contribution in [2.75, 3.05) is 25.0 Å². The Morgan fingerprint density at radius 1 is 1.15 bits per heavy atom. The third kappa shape index (κ3) is 4.02. The number of nitrogens with zero attached hydrogens (tertiary/aromatic N) is 1. The van der Waals surface area contributed by atoms with E-state index in [1.54, 1.807) is 13.0 Å². The number of anilines is 1. The number of fused-ring (bicyclic) bond motifs is 1. The lowest BCUT2D eigenvalue weighted by Gasteiger charge is -2.31. The highest BCUT2D eigenvalue weighted by atomic mass is 16.5. The molecule has 26 heavy (non-hydrogen) atoms. The molecule has 3 rings (SSSR count). The summed E-state index contributed by atoms with van der Waals surface area (Å²) in [5, 5.41) is 4.70. The van der Waals surface area contributed by atoms with Gasteiger partial charge in [0.25, 0.3) is 0 Å². The van der Waals surface area contributed by atoms with Gasteiger partial charge < -0.3 is 15.0 Å². The second-order valence-electron chi connectivity index (χ2n) is 6.36. The van der Waals surface area contributed by atoms with E-state index in [-0.39, 0.29) is 18.4 Å². The third-order valence-corrected chi connectivity index (χ3v) is 4.53. The Balaban J connectivity index is 1.64. The number of benzene rings is 2. The highest BCUT2D eigenvalue weighted by Crippen LogP contribution is 2.20. The summed E-state index contributed by atoms with van der Waals surface area (Å²) in [5.74, 6) is -1.97. The average molecular weight is 354 g/mol. The van der Waals surface area contributed by atoms with Gasteiger partial charge in [0, 0.05) is 18.8 Å². The number of amides is 2. The lowest BCUT2D eigenvalue weighted by molar-refractivity contribution is -0.153. The largest absolute Gasteiger partial charge is 0.466 e. The molecule has 1 heterocycles. The molecule has 6 nitrogen and oxygen atoms in total. The van der Waals surface area contributed by atoms with Gasteiger partial charge in [0.2, 0.25) is 0 Å². The first-order valence-electron chi connectivity index (χ1n) is 8.84. The van der Waals surface area contributed by atoms with E-state index < -0.39 is 11.8 Å². The minimum atomic E-state index is -0.690. The van der Waals surface area contributed by atoms with Crippen LogP contribution in [0.15, 0.2) is 42.5 Å². The van der Waals surface area contributed by atoms with Gasteiger partial charge >= 0.3 is 17.8 Å². The number of hydrogen-bond donors (Lipinski definition) is 1. The minimum Gasteiger partial charge on any atom is -0.466 e. The number of esters is 1. The molecule has 0 bridgehead atoms. The van der Waals surface area contributed by atoms with E-state index in [0.29, 0.717) is 31.7 Å². The number of nitrogens with one attached hydrogen (secondary N) is 1. The Morgan fingerprint density at radius 2 is 1.92 bits per heavy atom. The van der Waals surface area contributed by atoms with Crippen LogP contribution in [0.2, 0.25) is 0 Å². The molecule has 0 radical (unpaired) electrons. The average Bonchev–Trinajstić information content (AvgIpc) is 2.67. The first kappa shape index (κ1) is 17.9. The second-order valence-corrected chi connectivity index (χ2v) is 6.36. The molecule has 136 valence electrons. The Kier molecular flexibility index (Phi) is 5.51. The van der Waals surface area contributed by atoms with Crippen LogP contribution in [0.5, 0.6) is 0 Å². The fraction of sp³-hybridized carbons (Fsp3) is 0.350. The normalized spacial score (nSPS) is 17.0. The summed E-state index contributed by atoms with van der Waals surface area (Å²) in [7, 11) is 0. The first-order valence-corrected chi connectivity index (χ1v) is 8.84. The quantitative estimate of drug-likeness (QED) is 0.679. The van der Waals surface area contributed by atoms with E-state index in [1.807, 2.05) is 36.4 Å². The number of carbonyl (C=O) groups is 3. The highest BCUT2D eigenvalue weighted by molar-refractivity contribution is 6.39. The van der Waals surface area contributed by atoms with Crippen molar-refractivity contribution in [3.8, 4) is 0 Å². The predicted molar refractivity (Wildman–Crippen MR) is 98.5 cm³/mol. The summed E-state index contributed by atoms with van der Waals surface area (Å²) in [6.07, 6.45) is 1.35. The van der Waals surface area contributed by atoms with Gasteiger partial charge in [0.15, 0.2) is 0 Å². The molecule has 1 saturated heterocycles. The number of likely N-dealkylation sites (tertiary alicyclic amines) is 1. The van der Waals surface area contributed by atoms with E-state index >= 15 is 0 Å². The number of piperidine rings is 1. The zero-order chi connectivity index (χ0) is 18.5. The maximum Gasteiger partial charge on any atom is 0.313 e. The van der Waals surface area contributed by atoms with Crippen molar-refractivity contribution in [2.24, 2.45) is 5.92 Å². The van der Waals surface area contributed by atoms with Crippen LogP contribution >= 0.6 is 0 Å². The summed E-state index contributed by atoms with van der Waals surface area (Å²) in [4.78, 5) is 38.1. The topological polar surface area (TPSA) is 75.7 Å². The van der Waals surface area contributed by atoms with E-state index in [1.165, 1.54) is 4.90 Å². The van der Waals surface area contributed by atoms with Crippen LogP contribution < -0.4 is 5.32 Å². The molecule has 0 spiro atoms. The van der Waals surface area contributed by atoms with Gasteiger partial charge in [-0.25, -0.2) is 0 Å². The number of rotatable bonds is 3. The smallest absolute Gasteiger partial charge is 0.313 e. The fourth-order valence-corrected chi connectivity index (χ4v) is 3.21. The molecule has 2 aromatic rings. The Labute approximate surface area is 152 Å². The van der Waals surface area contributed by atoms with Crippen LogP contribution in [-0.2, 0) is 19.1 Å². The predicted octanol–water partition coefficient (Wildman–Crippen LogP) is 2.58. The van der Waals surface area contributed by atoms with Crippen LogP contribution in [0.25, 0.3) is 10.8 Å². The minimum absolute atomic E-state index is 0.225. The van der Waals surface area contributed by atoms with Crippen molar-refractivity contribution < 1.29 is 19.1 Å². The fourth-order valence-electron chi connectivity index (χ4n) is 3.21. The van der Waals surface area contributed by atoms with E-state index in [4.69, 9.17) is 4.74 Å². The maximum atomic E-state index is 12.5. The Morgan fingerprint density at radius 3 is 2.69 bits per heavy atom. The molecule has 1 atom stereocenters. The van der Waals surface area contributed by atoms with Gasteiger partial charge in [-0.1, -0.05) is 30.3 Å². The Bertz CT molecular complexity index is 833. The number of ether oxygens (including phenoxy) is 1. The Hall–Kier alpha value is -2.89. The van der Waals surface area contributed by atoms with E-state index in [0.717, 1.165) is 10.8 Å². The van der Waals surface area contributed by atoms with Crippen LogP contribution in [-0.4, -0.2) is 42.4 Å². The van der Waals surface area contributed by atoms with Crippen LogP contribution in [0.1, 0.15) is 19.8 Å². The SMILES string of the molecule is CCOC(=O)C1CCCN(C(=O)C(=O)Nc2ccc3ccccc3c2)C1. The molecule has 1 fully saturated rings. The van der Waals surface area contributed by atoms with Gasteiger partial charge in [-0.15, -0.1) is 0 Å². The number of hydrogen-bond acceptors (Lipinski definition) is 4. The maximum absolute atomic E-state index is 12.5. The van der Waals surface area contributed by atoms with E-state index in [2.05, 4.69) is 5.32 Å². The number of carbonyl (C=O) groups excluding carboxylic acids is 3. The molecular formula is C20H22N2O4. The zero-order valence-corrected chi connectivity index (χ0v) is 14.7. The summed E-state index contributed by atoms with van der Waals surface area (Å²) in [6, 6.07) is 13.3. The lowest BCUT2D eigenvalue weighted by atomic mass is 9.98. The lowest BCUT2D eigenvalue weighted by Crippen LogP contribution is -2.47. The van der Waals surface area contributed by atoms with Crippen molar-refractivity contribution in [1.82, 2.24) is 4.90 Å².